The van der Waals surface area contributed by atoms with E-state index in [0.717, 1.165) is 10.4 Å². The van der Waals surface area contributed by atoms with Crippen molar-refractivity contribution in [1.82, 2.24) is 0 Å². The van der Waals surface area contributed by atoms with Gasteiger partial charge in [-0.2, -0.15) is 0 Å². The Hall–Kier alpha value is -1.98. The van der Waals surface area contributed by atoms with Gasteiger partial charge in [0, 0.05) is 0 Å². The van der Waals surface area contributed by atoms with Gasteiger partial charge >= 0.3 is 5.97 Å². The van der Waals surface area contributed by atoms with Crippen LogP contribution in [0.5, 0.6) is 0 Å². The molecule has 0 saturated carbocycles. The number of ether oxygens (including phenoxy) is 1. The van der Waals surface area contributed by atoms with E-state index in [1.54, 1.807) is 0 Å². The second-order valence-corrected chi connectivity index (χ2v) is 12.3. The van der Waals surface area contributed by atoms with Crippen LogP contribution in [0.3, 0.4) is 0 Å². The van der Waals surface area contributed by atoms with Crippen molar-refractivity contribution in [2.24, 2.45) is 0 Å². The minimum Gasteiger partial charge on any atom is -0.457 e. The van der Waals surface area contributed by atoms with Crippen molar-refractivity contribution >= 4 is 24.7 Å². The molecule has 2 aromatic rings. The van der Waals surface area contributed by atoms with Gasteiger partial charge in [-0.25, -0.2) is 9.18 Å². The molecule has 1 aliphatic heterocycles. The molecular formula is C22H27FO3Si. The number of cyclic esters (lactones) is 1. The van der Waals surface area contributed by atoms with Crippen molar-refractivity contribution in [1.29, 1.82) is 0 Å². The molecule has 0 spiro atoms. The van der Waals surface area contributed by atoms with Gasteiger partial charge in [-0.15, -0.1) is 0 Å². The molecule has 2 aromatic carbocycles. The monoisotopic (exact) mass is 386 g/mol. The minimum atomic E-state index is -2.92. The van der Waals surface area contributed by atoms with Crippen LogP contribution in [0.1, 0.15) is 34.1 Å². The largest absolute Gasteiger partial charge is 0.457 e. The maximum absolute atomic E-state index is 14.8. The van der Waals surface area contributed by atoms with Gasteiger partial charge in [0.15, 0.2) is 0 Å². The Kier molecular flexibility index (Phi) is 5.54. The van der Waals surface area contributed by atoms with E-state index in [4.69, 9.17) is 9.16 Å². The summed E-state index contributed by atoms with van der Waals surface area (Å²) in [5.41, 5.74) is 0. The number of hydrogen-bond acceptors (Lipinski definition) is 3. The van der Waals surface area contributed by atoms with Crippen molar-refractivity contribution < 1.29 is 18.3 Å². The third-order valence-electron chi connectivity index (χ3n) is 5.28. The van der Waals surface area contributed by atoms with Gasteiger partial charge in [-0.3, -0.25) is 0 Å². The number of benzene rings is 2. The Balaban J connectivity index is 2.20. The smallest absolute Gasteiger partial charge is 0.343 e. The predicted molar refractivity (Wildman–Crippen MR) is 108 cm³/mol. The molecule has 1 aliphatic rings. The standard InChI is InChI=1S/C22H27FO3Si/c1-5-18-20(19(23)21(24)25-18)26-27(22(2,3)4,16-12-8-6-9-13-16)17-14-10-7-11-15-17/h6-15,18-20H,5H2,1-4H3/t18-,19?,20+/m1/s1. The van der Waals surface area contributed by atoms with Crippen LogP contribution >= 0.6 is 0 Å². The van der Waals surface area contributed by atoms with E-state index in [0.29, 0.717) is 6.42 Å². The molecule has 5 heteroatoms. The lowest BCUT2D eigenvalue weighted by Crippen LogP contribution is -2.68. The van der Waals surface area contributed by atoms with Gasteiger partial charge < -0.3 is 9.16 Å². The van der Waals surface area contributed by atoms with E-state index in [1.165, 1.54) is 0 Å². The lowest BCUT2D eigenvalue weighted by Gasteiger charge is -2.45. The highest BCUT2D eigenvalue weighted by atomic mass is 28.4. The number of alkyl halides is 1. The van der Waals surface area contributed by atoms with Gasteiger partial charge in [0.2, 0.25) is 6.17 Å². The number of esters is 1. The summed E-state index contributed by atoms with van der Waals surface area (Å²) in [6.45, 7) is 8.28. The zero-order chi connectivity index (χ0) is 19.7. The Labute approximate surface area is 161 Å². The molecule has 3 nitrogen and oxygen atoms in total. The Morgan fingerprint density at radius 2 is 1.48 bits per heavy atom. The average molecular weight is 387 g/mol. The highest BCUT2D eigenvalue weighted by molar-refractivity contribution is 6.99. The van der Waals surface area contributed by atoms with Crippen molar-refractivity contribution in [3.63, 3.8) is 0 Å². The summed E-state index contributed by atoms with van der Waals surface area (Å²) in [4.78, 5) is 11.9. The van der Waals surface area contributed by atoms with Gasteiger partial charge in [0.25, 0.3) is 8.32 Å². The first-order valence-electron chi connectivity index (χ1n) is 9.44. The number of rotatable bonds is 5. The summed E-state index contributed by atoms with van der Waals surface area (Å²) < 4.78 is 26.8. The van der Waals surface area contributed by atoms with Crippen LogP contribution in [0.4, 0.5) is 4.39 Å². The van der Waals surface area contributed by atoms with Crippen molar-refractivity contribution in [2.45, 2.75) is 57.5 Å². The van der Waals surface area contributed by atoms with Crippen LogP contribution < -0.4 is 10.4 Å². The topological polar surface area (TPSA) is 35.5 Å². The van der Waals surface area contributed by atoms with E-state index >= 15 is 0 Å². The summed E-state index contributed by atoms with van der Waals surface area (Å²) in [6, 6.07) is 20.1. The van der Waals surface area contributed by atoms with Crippen molar-refractivity contribution in [3.8, 4) is 0 Å². The van der Waals surface area contributed by atoms with Gasteiger partial charge in [0.05, 0.1) is 0 Å². The first-order chi connectivity index (χ1) is 12.8. The summed E-state index contributed by atoms with van der Waals surface area (Å²) in [7, 11) is -2.92. The molecule has 144 valence electrons. The molecule has 0 bridgehead atoms. The molecule has 3 rings (SSSR count). The summed E-state index contributed by atoms with van der Waals surface area (Å²) >= 11 is 0. The second-order valence-electron chi connectivity index (χ2n) is 8.03. The summed E-state index contributed by atoms with van der Waals surface area (Å²) in [5, 5.41) is 1.84. The molecular weight excluding hydrogens is 359 g/mol. The summed E-state index contributed by atoms with van der Waals surface area (Å²) in [6.07, 6.45) is -2.69. The fourth-order valence-electron chi connectivity index (χ4n) is 3.95. The second kappa shape index (κ2) is 7.56. The lowest BCUT2D eigenvalue weighted by atomic mass is 10.1. The van der Waals surface area contributed by atoms with Crippen LogP contribution in [-0.2, 0) is 14.0 Å². The molecule has 0 radical (unpaired) electrons. The molecule has 0 N–H and O–H groups in total. The van der Waals surface area contributed by atoms with Crippen LogP contribution in [0.15, 0.2) is 60.7 Å². The SMILES string of the molecule is CC[C@H]1OC(=O)C(F)[C@H]1O[Si](c1ccccc1)(c1ccccc1)C(C)(C)C. The molecule has 1 unspecified atom stereocenters. The van der Waals surface area contributed by atoms with Gasteiger partial charge in [0.1, 0.15) is 12.2 Å². The average Bonchev–Trinajstić information content (AvgIpc) is 2.93. The highest BCUT2D eigenvalue weighted by Crippen LogP contribution is 2.40. The molecule has 1 fully saturated rings. The fraction of sp³-hybridized carbons (Fsp3) is 0.409. The normalized spacial score (nSPS) is 23.3. The number of carbonyl (C=O) groups excluding carboxylic acids is 1. The van der Waals surface area contributed by atoms with Crippen molar-refractivity contribution in [3.05, 3.63) is 60.7 Å². The molecule has 3 atom stereocenters. The van der Waals surface area contributed by atoms with Crippen LogP contribution in [0, 0.1) is 0 Å². The molecule has 27 heavy (non-hydrogen) atoms. The fourth-order valence-corrected chi connectivity index (χ4v) is 8.64. The van der Waals surface area contributed by atoms with Crippen LogP contribution in [0.2, 0.25) is 5.04 Å². The number of hydrogen-bond donors (Lipinski definition) is 0. The maximum atomic E-state index is 14.8. The van der Waals surface area contributed by atoms with E-state index < -0.39 is 32.7 Å². The Bertz CT molecular complexity index is 734. The van der Waals surface area contributed by atoms with E-state index in [-0.39, 0.29) is 5.04 Å². The number of halogens is 1. The van der Waals surface area contributed by atoms with Gasteiger partial charge in [-0.05, 0) is 21.8 Å². The lowest BCUT2D eigenvalue weighted by molar-refractivity contribution is -0.145. The maximum Gasteiger partial charge on any atom is 0.343 e. The molecule has 1 heterocycles. The Morgan fingerprint density at radius 1 is 1.00 bits per heavy atom. The molecule has 0 aliphatic carbocycles. The zero-order valence-electron chi connectivity index (χ0n) is 16.3. The first kappa shape index (κ1) is 19.8. The molecule has 0 amide bonds. The molecule has 1 saturated heterocycles. The minimum absolute atomic E-state index is 0.278. The Morgan fingerprint density at radius 3 is 1.89 bits per heavy atom. The van der Waals surface area contributed by atoms with Crippen LogP contribution in [0.25, 0.3) is 0 Å². The third kappa shape index (κ3) is 3.46. The van der Waals surface area contributed by atoms with E-state index in [1.807, 2.05) is 43.3 Å². The zero-order valence-corrected chi connectivity index (χ0v) is 17.3. The van der Waals surface area contributed by atoms with Crippen molar-refractivity contribution in [2.75, 3.05) is 0 Å². The highest BCUT2D eigenvalue weighted by Gasteiger charge is 2.56. The van der Waals surface area contributed by atoms with Crippen LogP contribution in [-0.4, -0.2) is 32.7 Å². The predicted octanol–water partition coefficient (Wildman–Crippen LogP) is 3.61. The third-order valence-corrected chi connectivity index (χ3v) is 10.3. The van der Waals surface area contributed by atoms with E-state index in [9.17, 15) is 9.18 Å². The molecule has 0 aromatic heterocycles. The summed E-state index contributed by atoms with van der Waals surface area (Å²) in [5.74, 6) is -0.815. The van der Waals surface area contributed by atoms with Gasteiger partial charge in [-0.1, -0.05) is 88.4 Å². The number of carbonyl (C=O) groups is 1. The van der Waals surface area contributed by atoms with E-state index in [2.05, 4.69) is 45.0 Å². The first-order valence-corrected chi connectivity index (χ1v) is 11.4. The quantitative estimate of drug-likeness (QED) is 0.582.